The molecule has 1 fully saturated rings. The van der Waals surface area contributed by atoms with E-state index in [0.29, 0.717) is 18.4 Å². The maximum atomic E-state index is 13.7. The second-order valence-electron chi connectivity index (χ2n) is 4.21. The first-order valence-corrected chi connectivity index (χ1v) is 5.32. The average molecular weight is 209 g/mol. The molecule has 0 amide bonds. The van der Waals surface area contributed by atoms with E-state index in [1.807, 2.05) is 13.0 Å². The molecule has 0 saturated carbocycles. The molecule has 1 heterocycles. The molecule has 0 unspecified atom stereocenters. The Bertz CT molecular complexity index is 338. The first kappa shape index (κ1) is 10.6. The summed E-state index contributed by atoms with van der Waals surface area (Å²) in [7, 11) is 0. The molecular weight excluding hydrogens is 193 g/mol. The van der Waals surface area contributed by atoms with Gasteiger partial charge in [-0.25, -0.2) is 4.39 Å². The Morgan fingerprint density at radius 3 is 2.60 bits per heavy atom. The van der Waals surface area contributed by atoms with Gasteiger partial charge in [-0.15, -0.1) is 0 Å². The van der Waals surface area contributed by atoms with Crippen molar-refractivity contribution in [1.29, 1.82) is 0 Å². The van der Waals surface area contributed by atoms with Crippen LogP contribution in [0.5, 0.6) is 0 Å². The molecule has 2 rings (SSSR count). The molecule has 82 valence electrons. The Balaban J connectivity index is 2.42. The van der Waals surface area contributed by atoms with Gasteiger partial charge in [0.05, 0.1) is 5.60 Å². The van der Waals surface area contributed by atoms with E-state index < -0.39 is 5.60 Å². The number of rotatable bonds is 1. The number of aryl methyl sites for hydroxylation is 1. The summed E-state index contributed by atoms with van der Waals surface area (Å²) in [5, 5.41) is 13.6. The minimum atomic E-state index is -0.985. The van der Waals surface area contributed by atoms with Gasteiger partial charge in [-0.05, 0) is 44.5 Å². The highest BCUT2D eigenvalue weighted by molar-refractivity contribution is 5.33. The lowest BCUT2D eigenvalue weighted by Crippen LogP contribution is -2.40. The predicted molar refractivity (Wildman–Crippen MR) is 57.1 cm³/mol. The van der Waals surface area contributed by atoms with Crippen molar-refractivity contribution in [3.05, 3.63) is 35.1 Å². The minimum absolute atomic E-state index is 0.292. The van der Waals surface area contributed by atoms with Crippen LogP contribution in [0.1, 0.15) is 24.0 Å². The van der Waals surface area contributed by atoms with Crippen LogP contribution >= 0.6 is 0 Å². The zero-order chi connectivity index (χ0) is 10.9. The highest BCUT2D eigenvalue weighted by Crippen LogP contribution is 2.34. The molecule has 1 aliphatic rings. The summed E-state index contributed by atoms with van der Waals surface area (Å²) in [4.78, 5) is 0. The molecule has 1 aromatic rings. The van der Waals surface area contributed by atoms with Crippen LogP contribution in [0, 0.1) is 12.7 Å². The fourth-order valence-electron chi connectivity index (χ4n) is 2.31. The van der Waals surface area contributed by atoms with Gasteiger partial charge in [0, 0.05) is 5.56 Å². The van der Waals surface area contributed by atoms with Crippen molar-refractivity contribution in [3.8, 4) is 0 Å². The third kappa shape index (κ3) is 1.90. The first-order valence-electron chi connectivity index (χ1n) is 5.32. The molecule has 1 aliphatic heterocycles. The van der Waals surface area contributed by atoms with Gasteiger partial charge in [0.15, 0.2) is 0 Å². The summed E-state index contributed by atoms with van der Waals surface area (Å²) in [6, 6.07) is 4.94. The van der Waals surface area contributed by atoms with Gasteiger partial charge in [0.25, 0.3) is 0 Å². The Morgan fingerprint density at radius 1 is 1.33 bits per heavy atom. The Hall–Kier alpha value is -0.930. The molecule has 0 spiro atoms. The van der Waals surface area contributed by atoms with Crippen molar-refractivity contribution in [2.24, 2.45) is 0 Å². The molecule has 3 heteroatoms. The molecule has 0 aromatic heterocycles. The zero-order valence-corrected chi connectivity index (χ0v) is 8.89. The molecular formula is C12H16FNO. The summed E-state index contributed by atoms with van der Waals surface area (Å²) in [6.07, 6.45) is 1.16. The van der Waals surface area contributed by atoms with Gasteiger partial charge < -0.3 is 10.4 Å². The van der Waals surface area contributed by atoms with E-state index in [0.717, 1.165) is 18.7 Å². The summed E-state index contributed by atoms with van der Waals surface area (Å²) in [6.45, 7) is 3.33. The minimum Gasteiger partial charge on any atom is -0.385 e. The molecule has 0 atom stereocenters. The number of hydrogen-bond donors (Lipinski definition) is 2. The van der Waals surface area contributed by atoms with E-state index >= 15 is 0 Å². The van der Waals surface area contributed by atoms with Crippen LogP contribution in [0.3, 0.4) is 0 Å². The first-order chi connectivity index (χ1) is 7.13. The summed E-state index contributed by atoms with van der Waals surface area (Å²) in [5.41, 5.74) is 0.326. The van der Waals surface area contributed by atoms with Crippen molar-refractivity contribution >= 4 is 0 Å². The zero-order valence-electron chi connectivity index (χ0n) is 8.89. The van der Waals surface area contributed by atoms with Crippen LogP contribution in [-0.2, 0) is 5.60 Å². The van der Waals surface area contributed by atoms with Gasteiger partial charge >= 0.3 is 0 Å². The number of hydrogen-bond acceptors (Lipinski definition) is 2. The molecule has 0 aliphatic carbocycles. The van der Waals surface area contributed by atoms with E-state index in [2.05, 4.69) is 5.32 Å². The van der Waals surface area contributed by atoms with Crippen LogP contribution in [0.15, 0.2) is 18.2 Å². The lowest BCUT2D eigenvalue weighted by molar-refractivity contribution is 0.00218. The molecule has 0 radical (unpaired) electrons. The van der Waals surface area contributed by atoms with Crippen LogP contribution < -0.4 is 5.32 Å². The quantitative estimate of drug-likeness (QED) is 0.738. The van der Waals surface area contributed by atoms with E-state index in [1.54, 1.807) is 6.07 Å². The molecule has 0 bridgehead atoms. The van der Waals surface area contributed by atoms with Crippen LogP contribution in [-0.4, -0.2) is 18.2 Å². The van der Waals surface area contributed by atoms with E-state index in [9.17, 15) is 9.50 Å². The second-order valence-corrected chi connectivity index (χ2v) is 4.21. The molecule has 2 N–H and O–H groups in total. The summed E-state index contributed by atoms with van der Waals surface area (Å²) < 4.78 is 13.7. The lowest BCUT2D eigenvalue weighted by atomic mass is 9.82. The predicted octanol–water partition coefficient (Wildman–Crippen LogP) is 1.71. The van der Waals surface area contributed by atoms with Gasteiger partial charge in [0.2, 0.25) is 0 Å². The van der Waals surface area contributed by atoms with Gasteiger partial charge in [-0.3, -0.25) is 0 Å². The Labute approximate surface area is 89.1 Å². The van der Waals surface area contributed by atoms with Crippen molar-refractivity contribution in [2.45, 2.75) is 25.4 Å². The SMILES string of the molecule is Cc1cccc(F)c1C1(O)CCNCC1. The number of halogens is 1. The summed E-state index contributed by atoms with van der Waals surface area (Å²) in [5.74, 6) is -0.292. The van der Waals surface area contributed by atoms with E-state index in [-0.39, 0.29) is 5.82 Å². The van der Waals surface area contributed by atoms with Crippen molar-refractivity contribution < 1.29 is 9.50 Å². The van der Waals surface area contributed by atoms with Crippen molar-refractivity contribution in [2.75, 3.05) is 13.1 Å². The number of piperidine rings is 1. The maximum Gasteiger partial charge on any atom is 0.129 e. The third-order valence-corrected chi connectivity index (χ3v) is 3.12. The lowest BCUT2D eigenvalue weighted by Gasteiger charge is -2.34. The monoisotopic (exact) mass is 209 g/mol. The normalized spacial score (nSPS) is 20.2. The van der Waals surface area contributed by atoms with Gasteiger partial charge in [-0.2, -0.15) is 0 Å². The third-order valence-electron chi connectivity index (χ3n) is 3.12. The van der Waals surface area contributed by atoms with E-state index in [4.69, 9.17) is 0 Å². The Kier molecular flexibility index (Phi) is 2.76. The van der Waals surface area contributed by atoms with Crippen LogP contribution in [0.4, 0.5) is 4.39 Å². The second kappa shape index (κ2) is 3.91. The van der Waals surface area contributed by atoms with Gasteiger partial charge in [0.1, 0.15) is 5.82 Å². The topological polar surface area (TPSA) is 32.3 Å². The molecule has 2 nitrogen and oxygen atoms in total. The molecule has 1 saturated heterocycles. The van der Waals surface area contributed by atoms with Gasteiger partial charge in [-0.1, -0.05) is 12.1 Å². The fourth-order valence-corrected chi connectivity index (χ4v) is 2.31. The van der Waals surface area contributed by atoms with E-state index in [1.165, 1.54) is 6.07 Å². The van der Waals surface area contributed by atoms with Crippen LogP contribution in [0.2, 0.25) is 0 Å². The average Bonchev–Trinajstić information content (AvgIpc) is 2.18. The summed E-state index contributed by atoms with van der Waals surface area (Å²) >= 11 is 0. The molecule has 15 heavy (non-hydrogen) atoms. The Morgan fingerprint density at radius 2 is 2.00 bits per heavy atom. The molecule has 1 aromatic carbocycles. The number of benzene rings is 1. The fraction of sp³-hybridized carbons (Fsp3) is 0.500. The smallest absolute Gasteiger partial charge is 0.129 e. The highest BCUT2D eigenvalue weighted by atomic mass is 19.1. The largest absolute Gasteiger partial charge is 0.385 e. The standard InChI is InChI=1S/C12H16FNO/c1-9-3-2-4-10(13)11(9)12(15)5-7-14-8-6-12/h2-4,14-15H,5-8H2,1H3. The highest BCUT2D eigenvalue weighted by Gasteiger charge is 2.34. The maximum absolute atomic E-state index is 13.7. The number of nitrogens with one attached hydrogen (secondary N) is 1. The van der Waals surface area contributed by atoms with Crippen molar-refractivity contribution in [1.82, 2.24) is 5.32 Å². The van der Waals surface area contributed by atoms with Crippen molar-refractivity contribution in [3.63, 3.8) is 0 Å². The van der Waals surface area contributed by atoms with Crippen LogP contribution in [0.25, 0.3) is 0 Å². The number of aliphatic hydroxyl groups is 1.